The number of carbonyl (C=O) groups is 1. The summed E-state index contributed by atoms with van der Waals surface area (Å²) in [5.41, 5.74) is -0.175. The lowest BCUT2D eigenvalue weighted by Crippen LogP contribution is -2.33. The fraction of sp³-hybridized carbons (Fsp3) is 0.312. The monoisotopic (exact) mass is 331 g/mol. The van der Waals surface area contributed by atoms with Crippen LogP contribution < -0.4 is 5.56 Å². The molecule has 0 saturated carbocycles. The summed E-state index contributed by atoms with van der Waals surface area (Å²) in [4.78, 5) is 32.4. The van der Waals surface area contributed by atoms with E-state index in [1.807, 2.05) is 13.0 Å². The molecule has 0 radical (unpaired) electrons. The molecule has 0 aliphatic heterocycles. The van der Waals surface area contributed by atoms with Crippen molar-refractivity contribution in [2.45, 2.75) is 26.4 Å². The van der Waals surface area contributed by atoms with E-state index in [2.05, 4.69) is 4.98 Å². The molecule has 6 nitrogen and oxygen atoms in total. The van der Waals surface area contributed by atoms with Crippen LogP contribution in [-0.2, 0) is 24.3 Å². The van der Waals surface area contributed by atoms with Crippen molar-refractivity contribution < 1.29 is 9.21 Å². The summed E-state index contributed by atoms with van der Waals surface area (Å²) in [6.45, 7) is 2.38. The molecule has 120 valence electrons. The molecule has 7 heteroatoms. The van der Waals surface area contributed by atoms with Crippen LogP contribution in [0.1, 0.15) is 17.6 Å². The molecule has 0 spiro atoms. The maximum Gasteiger partial charge on any atom is 0.262 e. The zero-order valence-electron chi connectivity index (χ0n) is 13.0. The number of likely N-dealkylation sites (N-methyl/N-ethyl adjacent to an activating group) is 1. The average Bonchev–Trinajstić information content (AvgIpc) is 3.19. The molecule has 3 rings (SSSR count). The van der Waals surface area contributed by atoms with Crippen LogP contribution in [0.5, 0.6) is 0 Å². The van der Waals surface area contributed by atoms with Gasteiger partial charge in [0.15, 0.2) is 0 Å². The SMILES string of the molecule is CCc1cc2c(=O)n(CC(=O)N(C)Cc3ccco3)cnc2s1. The van der Waals surface area contributed by atoms with E-state index in [1.165, 1.54) is 27.1 Å². The highest BCUT2D eigenvalue weighted by Gasteiger charge is 2.14. The van der Waals surface area contributed by atoms with Gasteiger partial charge in [-0.2, -0.15) is 0 Å². The van der Waals surface area contributed by atoms with E-state index in [9.17, 15) is 9.59 Å². The van der Waals surface area contributed by atoms with E-state index in [4.69, 9.17) is 4.42 Å². The van der Waals surface area contributed by atoms with E-state index >= 15 is 0 Å². The lowest BCUT2D eigenvalue weighted by atomic mass is 10.3. The summed E-state index contributed by atoms with van der Waals surface area (Å²) in [5, 5.41) is 0.579. The lowest BCUT2D eigenvalue weighted by Gasteiger charge is -2.16. The summed E-state index contributed by atoms with van der Waals surface area (Å²) < 4.78 is 6.58. The average molecular weight is 331 g/mol. The first kappa shape index (κ1) is 15.5. The van der Waals surface area contributed by atoms with Crippen LogP contribution >= 0.6 is 11.3 Å². The van der Waals surface area contributed by atoms with Gasteiger partial charge >= 0.3 is 0 Å². The third kappa shape index (κ3) is 3.19. The Morgan fingerprint density at radius 1 is 1.48 bits per heavy atom. The molecule has 3 aromatic heterocycles. The fourth-order valence-electron chi connectivity index (χ4n) is 2.29. The molecular weight excluding hydrogens is 314 g/mol. The first-order valence-corrected chi connectivity index (χ1v) is 8.14. The molecule has 0 fully saturated rings. The first-order valence-electron chi connectivity index (χ1n) is 7.32. The second-order valence-electron chi connectivity index (χ2n) is 5.29. The third-order valence-electron chi connectivity index (χ3n) is 3.62. The van der Waals surface area contributed by atoms with E-state index in [-0.39, 0.29) is 18.0 Å². The number of nitrogens with zero attached hydrogens (tertiary/aromatic N) is 3. The minimum atomic E-state index is -0.175. The quantitative estimate of drug-likeness (QED) is 0.719. The van der Waals surface area contributed by atoms with Crippen molar-refractivity contribution >= 4 is 27.5 Å². The Kier molecular flexibility index (Phi) is 4.29. The highest BCUT2D eigenvalue weighted by Crippen LogP contribution is 2.20. The summed E-state index contributed by atoms with van der Waals surface area (Å²) in [6.07, 6.45) is 3.88. The van der Waals surface area contributed by atoms with Crippen molar-refractivity contribution in [1.29, 1.82) is 0 Å². The molecule has 0 saturated heterocycles. The highest BCUT2D eigenvalue weighted by molar-refractivity contribution is 7.18. The zero-order chi connectivity index (χ0) is 16.4. The van der Waals surface area contributed by atoms with Gasteiger partial charge in [0, 0.05) is 11.9 Å². The molecule has 0 bridgehead atoms. The number of aryl methyl sites for hydroxylation is 1. The Bertz CT molecular complexity index is 880. The Labute approximate surface area is 137 Å². The van der Waals surface area contributed by atoms with Crippen molar-refractivity contribution in [2.24, 2.45) is 0 Å². The molecule has 0 unspecified atom stereocenters. The van der Waals surface area contributed by atoms with Crippen LogP contribution in [0, 0.1) is 0 Å². The number of rotatable bonds is 5. The summed E-state index contributed by atoms with van der Waals surface area (Å²) in [6, 6.07) is 5.45. The Morgan fingerprint density at radius 3 is 3.00 bits per heavy atom. The molecular formula is C16H17N3O3S. The number of hydrogen-bond acceptors (Lipinski definition) is 5. The summed E-state index contributed by atoms with van der Waals surface area (Å²) >= 11 is 1.52. The maximum absolute atomic E-state index is 12.5. The van der Waals surface area contributed by atoms with Crippen LogP contribution in [-0.4, -0.2) is 27.4 Å². The predicted molar refractivity (Wildman–Crippen MR) is 88.4 cm³/mol. The molecule has 3 heterocycles. The van der Waals surface area contributed by atoms with E-state index in [0.717, 1.165) is 16.1 Å². The first-order chi connectivity index (χ1) is 11.1. The smallest absolute Gasteiger partial charge is 0.262 e. The number of amides is 1. The fourth-order valence-corrected chi connectivity index (χ4v) is 3.21. The maximum atomic E-state index is 12.5. The van der Waals surface area contributed by atoms with Crippen molar-refractivity contribution in [3.05, 3.63) is 51.8 Å². The van der Waals surface area contributed by atoms with Gasteiger partial charge in [0.2, 0.25) is 5.91 Å². The largest absolute Gasteiger partial charge is 0.467 e. The number of thiophene rings is 1. The van der Waals surface area contributed by atoms with Crippen molar-refractivity contribution in [1.82, 2.24) is 14.5 Å². The van der Waals surface area contributed by atoms with Gasteiger partial charge in [0.05, 0.1) is 24.5 Å². The van der Waals surface area contributed by atoms with Crippen LogP contribution in [0.25, 0.3) is 10.2 Å². The lowest BCUT2D eigenvalue weighted by molar-refractivity contribution is -0.131. The number of carbonyl (C=O) groups excluding carboxylic acids is 1. The van der Waals surface area contributed by atoms with Crippen LogP contribution in [0.2, 0.25) is 0 Å². The van der Waals surface area contributed by atoms with Crippen molar-refractivity contribution in [3.63, 3.8) is 0 Å². The van der Waals surface area contributed by atoms with Gasteiger partial charge in [-0.15, -0.1) is 11.3 Å². The van der Waals surface area contributed by atoms with Crippen molar-refractivity contribution in [2.75, 3.05) is 7.05 Å². The number of fused-ring (bicyclic) bond motifs is 1. The minimum Gasteiger partial charge on any atom is -0.467 e. The van der Waals surface area contributed by atoms with Gasteiger partial charge in [-0.05, 0) is 24.6 Å². The molecule has 0 atom stereocenters. The molecule has 23 heavy (non-hydrogen) atoms. The molecule has 0 N–H and O–H groups in total. The Balaban J connectivity index is 1.79. The minimum absolute atomic E-state index is 0.0315. The highest BCUT2D eigenvalue weighted by atomic mass is 32.1. The number of furan rings is 1. The van der Waals surface area contributed by atoms with Gasteiger partial charge < -0.3 is 9.32 Å². The number of aromatic nitrogens is 2. The van der Waals surface area contributed by atoms with Crippen LogP contribution in [0.4, 0.5) is 0 Å². The normalized spacial score (nSPS) is 11.0. The zero-order valence-corrected chi connectivity index (χ0v) is 13.8. The molecule has 0 aromatic carbocycles. The van der Waals surface area contributed by atoms with Crippen LogP contribution in [0.15, 0.2) is 40.0 Å². The van der Waals surface area contributed by atoms with Gasteiger partial charge in [-0.3, -0.25) is 14.2 Å². The standard InChI is InChI=1S/C16H17N3O3S/c1-3-12-7-13-15(23-12)17-10-19(16(13)21)9-14(20)18(2)8-11-5-4-6-22-11/h4-7,10H,3,8-9H2,1-2H3. The van der Waals surface area contributed by atoms with E-state index < -0.39 is 0 Å². The Hall–Kier alpha value is -2.41. The number of hydrogen-bond donors (Lipinski definition) is 0. The third-order valence-corrected chi connectivity index (χ3v) is 4.81. The van der Waals surface area contributed by atoms with Gasteiger partial charge in [-0.1, -0.05) is 6.92 Å². The van der Waals surface area contributed by atoms with Gasteiger partial charge in [0.25, 0.3) is 5.56 Å². The molecule has 0 aliphatic rings. The second-order valence-corrected chi connectivity index (χ2v) is 6.41. The summed E-state index contributed by atoms with van der Waals surface area (Å²) in [7, 11) is 1.68. The topological polar surface area (TPSA) is 68.3 Å². The van der Waals surface area contributed by atoms with Gasteiger partial charge in [0.1, 0.15) is 17.1 Å². The van der Waals surface area contributed by atoms with Crippen LogP contribution in [0.3, 0.4) is 0 Å². The summed E-state index contributed by atoms with van der Waals surface area (Å²) in [5.74, 6) is 0.530. The molecule has 1 amide bonds. The van der Waals surface area contributed by atoms with Crippen molar-refractivity contribution in [3.8, 4) is 0 Å². The Morgan fingerprint density at radius 2 is 2.30 bits per heavy atom. The van der Waals surface area contributed by atoms with Gasteiger partial charge in [-0.25, -0.2) is 4.98 Å². The molecule has 3 aromatic rings. The predicted octanol–water partition coefficient (Wildman–Crippen LogP) is 2.27. The second kappa shape index (κ2) is 6.37. The molecule has 0 aliphatic carbocycles. The van der Waals surface area contributed by atoms with E-state index in [1.54, 1.807) is 25.4 Å². The van der Waals surface area contributed by atoms with E-state index in [0.29, 0.717) is 17.7 Å².